The standard InChI is InChI=1S/C25H28N2O4/c1-25(2)13-21(30)24-17(27-31-22(24)14-25)9-10-19(28)23-18(26-3)11-16(12-20(23)29)15-7-5-4-6-8-15/h4-8,16,28H,9-14H2,1-3H3/b23-19-,26-18?. The second-order valence-corrected chi connectivity index (χ2v) is 9.30. The largest absolute Gasteiger partial charge is 0.511 e. The fourth-order valence-electron chi connectivity index (χ4n) is 4.74. The Balaban J connectivity index is 1.52. The number of carbonyl (C=O) groups is 2. The van der Waals surface area contributed by atoms with E-state index < -0.39 is 0 Å². The fraction of sp³-hybridized carbons (Fsp3) is 0.440. The molecule has 0 bridgehead atoms. The van der Waals surface area contributed by atoms with Crippen LogP contribution in [0.5, 0.6) is 0 Å². The maximum atomic E-state index is 12.9. The summed E-state index contributed by atoms with van der Waals surface area (Å²) in [6, 6.07) is 9.92. The number of Topliss-reactive ketones (excluding diaryl/α,β-unsaturated/α-hetero) is 2. The topological polar surface area (TPSA) is 92.8 Å². The number of fused-ring (bicyclic) bond motifs is 1. The Morgan fingerprint density at radius 1 is 1.16 bits per heavy atom. The van der Waals surface area contributed by atoms with Gasteiger partial charge in [0.15, 0.2) is 11.6 Å². The molecule has 2 aromatic rings. The lowest BCUT2D eigenvalue weighted by Gasteiger charge is -2.26. The zero-order valence-corrected chi connectivity index (χ0v) is 18.3. The molecule has 4 rings (SSSR count). The Hall–Kier alpha value is -3.02. The number of rotatable bonds is 4. The van der Waals surface area contributed by atoms with E-state index in [1.54, 1.807) is 7.05 Å². The number of aliphatic imine (C=N–C) groups is 1. The molecule has 0 saturated heterocycles. The van der Waals surface area contributed by atoms with Crippen molar-refractivity contribution in [3.8, 4) is 0 Å². The summed E-state index contributed by atoms with van der Waals surface area (Å²) in [4.78, 5) is 29.8. The van der Waals surface area contributed by atoms with E-state index >= 15 is 0 Å². The quantitative estimate of drug-likeness (QED) is 0.567. The Bertz CT molecular complexity index is 1080. The third kappa shape index (κ3) is 4.24. The van der Waals surface area contributed by atoms with Crippen molar-refractivity contribution in [2.24, 2.45) is 10.4 Å². The highest BCUT2D eigenvalue weighted by molar-refractivity contribution is 6.24. The fourth-order valence-corrected chi connectivity index (χ4v) is 4.74. The van der Waals surface area contributed by atoms with Gasteiger partial charge < -0.3 is 9.63 Å². The molecule has 1 fully saturated rings. The molecule has 6 nitrogen and oxygen atoms in total. The zero-order valence-electron chi connectivity index (χ0n) is 18.3. The number of benzene rings is 1. The lowest BCUT2D eigenvalue weighted by molar-refractivity contribution is -0.116. The van der Waals surface area contributed by atoms with E-state index in [-0.39, 0.29) is 35.1 Å². The van der Waals surface area contributed by atoms with Crippen molar-refractivity contribution in [2.75, 3.05) is 7.05 Å². The Morgan fingerprint density at radius 2 is 1.90 bits per heavy atom. The molecule has 1 heterocycles. The second-order valence-electron chi connectivity index (χ2n) is 9.30. The van der Waals surface area contributed by atoms with Crippen LogP contribution in [-0.4, -0.2) is 34.6 Å². The van der Waals surface area contributed by atoms with Gasteiger partial charge in [0.05, 0.1) is 16.8 Å². The molecule has 2 aliphatic rings. The molecular weight excluding hydrogens is 392 g/mol. The maximum Gasteiger partial charge on any atom is 0.168 e. The summed E-state index contributed by atoms with van der Waals surface area (Å²) in [5, 5.41) is 14.9. The first-order chi connectivity index (χ1) is 14.8. The van der Waals surface area contributed by atoms with E-state index in [9.17, 15) is 14.7 Å². The molecule has 0 spiro atoms. The number of hydrogen-bond donors (Lipinski definition) is 1. The van der Waals surface area contributed by atoms with Crippen LogP contribution in [0.2, 0.25) is 0 Å². The average molecular weight is 421 g/mol. The predicted molar refractivity (Wildman–Crippen MR) is 118 cm³/mol. The highest BCUT2D eigenvalue weighted by Gasteiger charge is 2.37. The zero-order chi connectivity index (χ0) is 22.2. The summed E-state index contributed by atoms with van der Waals surface area (Å²) in [7, 11) is 1.65. The van der Waals surface area contributed by atoms with E-state index in [0.717, 1.165) is 5.56 Å². The predicted octanol–water partition coefficient (Wildman–Crippen LogP) is 4.79. The number of ketones is 2. The molecule has 2 aliphatic carbocycles. The van der Waals surface area contributed by atoms with Crippen LogP contribution < -0.4 is 0 Å². The van der Waals surface area contributed by atoms with Crippen LogP contribution in [0.1, 0.15) is 72.8 Å². The Morgan fingerprint density at radius 3 is 2.61 bits per heavy atom. The molecule has 0 aliphatic heterocycles. The Kier molecular flexibility index (Phi) is 5.65. The van der Waals surface area contributed by atoms with Crippen molar-refractivity contribution in [1.82, 2.24) is 5.16 Å². The summed E-state index contributed by atoms with van der Waals surface area (Å²) in [6.07, 6.45) is 2.62. The number of aliphatic hydroxyl groups is 1. The molecule has 162 valence electrons. The van der Waals surface area contributed by atoms with Crippen LogP contribution in [0, 0.1) is 5.41 Å². The van der Waals surface area contributed by atoms with Crippen molar-refractivity contribution in [1.29, 1.82) is 0 Å². The monoisotopic (exact) mass is 420 g/mol. The average Bonchev–Trinajstić information content (AvgIpc) is 3.13. The first kappa shape index (κ1) is 21.2. The number of aryl methyl sites for hydroxylation is 1. The second kappa shape index (κ2) is 8.25. The summed E-state index contributed by atoms with van der Waals surface area (Å²) in [5.74, 6) is 0.631. The lowest BCUT2D eigenvalue weighted by atomic mass is 9.76. The van der Waals surface area contributed by atoms with Crippen molar-refractivity contribution in [3.63, 3.8) is 0 Å². The number of nitrogens with zero attached hydrogens (tertiary/aromatic N) is 2. The number of carbonyl (C=O) groups excluding carboxylic acids is 2. The van der Waals surface area contributed by atoms with Gasteiger partial charge in [-0.05, 0) is 23.3 Å². The molecule has 1 saturated carbocycles. The first-order valence-electron chi connectivity index (χ1n) is 10.8. The van der Waals surface area contributed by atoms with Crippen molar-refractivity contribution >= 4 is 17.3 Å². The number of aliphatic hydroxyl groups excluding tert-OH is 1. The van der Waals surface area contributed by atoms with Gasteiger partial charge in [-0.1, -0.05) is 49.3 Å². The summed E-state index contributed by atoms with van der Waals surface area (Å²) in [5.41, 5.74) is 3.03. The molecule has 0 radical (unpaired) electrons. The molecule has 1 atom stereocenters. The molecular formula is C25H28N2O4. The lowest BCUT2D eigenvalue weighted by Crippen LogP contribution is -2.27. The van der Waals surface area contributed by atoms with E-state index in [4.69, 9.17) is 4.52 Å². The van der Waals surface area contributed by atoms with E-state index in [0.29, 0.717) is 60.4 Å². The normalized spacial score (nSPS) is 23.7. The van der Waals surface area contributed by atoms with Crippen LogP contribution in [-0.2, 0) is 17.6 Å². The molecule has 0 amide bonds. The van der Waals surface area contributed by atoms with Gasteiger partial charge in [0.1, 0.15) is 11.5 Å². The van der Waals surface area contributed by atoms with Gasteiger partial charge in [0.25, 0.3) is 0 Å². The molecule has 1 aromatic carbocycles. The summed E-state index contributed by atoms with van der Waals surface area (Å²) < 4.78 is 5.44. The van der Waals surface area contributed by atoms with Crippen LogP contribution in [0.15, 0.2) is 51.2 Å². The minimum absolute atomic E-state index is 0.0115. The maximum absolute atomic E-state index is 12.9. The van der Waals surface area contributed by atoms with Crippen LogP contribution in [0.3, 0.4) is 0 Å². The summed E-state index contributed by atoms with van der Waals surface area (Å²) in [6.45, 7) is 4.07. The highest BCUT2D eigenvalue weighted by atomic mass is 16.5. The molecule has 6 heteroatoms. The minimum Gasteiger partial charge on any atom is -0.511 e. The smallest absolute Gasteiger partial charge is 0.168 e. The van der Waals surface area contributed by atoms with Crippen LogP contribution >= 0.6 is 0 Å². The van der Waals surface area contributed by atoms with Gasteiger partial charge in [-0.15, -0.1) is 0 Å². The van der Waals surface area contributed by atoms with E-state index in [1.165, 1.54) is 0 Å². The number of hydrogen-bond acceptors (Lipinski definition) is 6. The van der Waals surface area contributed by atoms with Gasteiger partial charge in [0.2, 0.25) is 0 Å². The van der Waals surface area contributed by atoms with Gasteiger partial charge >= 0.3 is 0 Å². The van der Waals surface area contributed by atoms with E-state index in [2.05, 4.69) is 10.1 Å². The van der Waals surface area contributed by atoms with Crippen LogP contribution in [0.4, 0.5) is 0 Å². The van der Waals surface area contributed by atoms with Crippen molar-refractivity contribution < 1.29 is 19.2 Å². The van der Waals surface area contributed by atoms with Gasteiger partial charge in [0, 0.05) is 44.9 Å². The molecule has 31 heavy (non-hydrogen) atoms. The van der Waals surface area contributed by atoms with Gasteiger partial charge in [-0.3, -0.25) is 14.6 Å². The minimum atomic E-state index is -0.138. The molecule has 1 N–H and O–H groups in total. The van der Waals surface area contributed by atoms with Crippen molar-refractivity contribution in [2.45, 2.75) is 58.3 Å². The number of allylic oxidation sites excluding steroid dienone is 2. The summed E-state index contributed by atoms with van der Waals surface area (Å²) >= 11 is 0. The third-order valence-corrected chi connectivity index (χ3v) is 6.26. The Labute approximate surface area is 182 Å². The van der Waals surface area contributed by atoms with Crippen LogP contribution in [0.25, 0.3) is 0 Å². The third-order valence-electron chi connectivity index (χ3n) is 6.26. The number of aromatic nitrogens is 1. The van der Waals surface area contributed by atoms with Crippen molar-refractivity contribution in [3.05, 3.63) is 64.2 Å². The van der Waals surface area contributed by atoms with E-state index in [1.807, 2.05) is 44.2 Å². The molecule has 1 aromatic heterocycles. The highest BCUT2D eigenvalue weighted by Crippen LogP contribution is 2.37. The van der Waals surface area contributed by atoms with Gasteiger partial charge in [-0.2, -0.15) is 0 Å². The SMILES string of the molecule is CN=C1CC(c2ccccc2)CC(=O)/C1=C(\O)CCc1noc2c1C(=O)CC(C)(C)C2. The first-order valence-corrected chi connectivity index (χ1v) is 10.8. The molecule has 1 unspecified atom stereocenters. The van der Waals surface area contributed by atoms with Gasteiger partial charge in [-0.25, -0.2) is 0 Å².